The minimum absolute atomic E-state index is 0.0155. The molecule has 2 N–H and O–H groups in total. The van der Waals surface area contributed by atoms with E-state index in [1.165, 1.54) is 0 Å². The number of nitrogens with one attached hydrogen (secondary N) is 2. The van der Waals surface area contributed by atoms with Gasteiger partial charge in [0.25, 0.3) is 0 Å². The van der Waals surface area contributed by atoms with E-state index in [0.29, 0.717) is 6.61 Å². The number of methoxy groups -OCH3 is 1. The van der Waals surface area contributed by atoms with Gasteiger partial charge in [-0.1, -0.05) is 6.42 Å². The molecule has 0 saturated carbocycles. The van der Waals surface area contributed by atoms with E-state index in [0.717, 1.165) is 25.8 Å². The van der Waals surface area contributed by atoms with Crippen molar-refractivity contribution in [1.29, 1.82) is 0 Å². The molecule has 108 valence electrons. The summed E-state index contributed by atoms with van der Waals surface area (Å²) in [6.45, 7) is 7.06. The average Bonchev–Trinajstić information content (AvgIpc) is 2.21. The van der Waals surface area contributed by atoms with Crippen LogP contribution in [0.15, 0.2) is 0 Å². The average molecular weight is 260 g/mol. The Hall–Kier alpha value is -0.810. The van der Waals surface area contributed by atoms with Crippen LogP contribution in [0.25, 0.3) is 0 Å². The lowest BCUT2D eigenvalue weighted by molar-refractivity contribution is 0.0463. The van der Waals surface area contributed by atoms with E-state index < -0.39 is 5.60 Å². The molecule has 0 aromatic carbocycles. The van der Waals surface area contributed by atoms with Crippen LogP contribution in [0.5, 0.6) is 0 Å². The number of hydrogen-bond donors (Lipinski definition) is 2. The van der Waals surface area contributed by atoms with Crippen molar-refractivity contribution in [2.24, 2.45) is 0 Å². The fraction of sp³-hybridized carbons (Fsp3) is 0.923. The van der Waals surface area contributed by atoms with Gasteiger partial charge in [0.1, 0.15) is 5.60 Å². The summed E-state index contributed by atoms with van der Waals surface area (Å²) in [5.41, 5.74) is -0.464. The largest absolute Gasteiger partial charge is 0.444 e. The molecule has 0 aliphatic carbocycles. The summed E-state index contributed by atoms with van der Waals surface area (Å²) in [6.07, 6.45) is 2.66. The fourth-order valence-corrected chi connectivity index (χ4v) is 1.57. The molecule has 0 aromatic heterocycles. The van der Waals surface area contributed by atoms with Crippen LogP contribution in [0, 0.1) is 0 Å². The summed E-state index contributed by atoms with van der Waals surface area (Å²) < 4.78 is 10.3. The van der Waals surface area contributed by atoms with Crippen molar-refractivity contribution in [1.82, 2.24) is 10.6 Å². The third kappa shape index (κ3) is 10.4. The highest BCUT2D eigenvalue weighted by Crippen LogP contribution is 2.08. The van der Waals surface area contributed by atoms with Gasteiger partial charge in [0.05, 0.1) is 12.6 Å². The summed E-state index contributed by atoms with van der Waals surface area (Å²) in [5, 5.41) is 5.95. The lowest BCUT2D eigenvalue weighted by atomic mass is 10.1. The Bertz CT molecular complexity index is 227. The molecule has 0 heterocycles. The molecule has 0 rings (SSSR count). The van der Waals surface area contributed by atoms with Gasteiger partial charge in [-0.3, -0.25) is 0 Å². The normalized spacial score (nSPS) is 13.2. The molecule has 0 aliphatic heterocycles. The maximum absolute atomic E-state index is 11.6. The molecular formula is C13H28N2O3. The van der Waals surface area contributed by atoms with Crippen LogP contribution in [0.2, 0.25) is 0 Å². The summed E-state index contributed by atoms with van der Waals surface area (Å²) >= 11 is 0. The van der Waals surface area contributed by atoms with Gasteiger partial charge in [-0.05, 0) is 47.2 Å². The first-order valence-corrected chi connectivity index (χ1v) is 6.52. The molecule has 1 amide bonds. The zero-order chi connectivity index (χ0) is 14.0. The topological polar surface area (TPSA) is 59.6 Å². The first-order chi connectivity index (χ1) is 8.39. The van der Waals surface area contributed by atoms with E-state index in [4.69, 9.17) is 9.47 Å². The number of alkyl carbamates (subject to hydrolysis) is 1. The lowest BCUT2D eigenvalue weighted by Crippen LogP contribution is -2.41. The van der Waals surface area contributed by atoms with E-state index >= 15 is 0 Å². The molecule has 0 fully saturated rings. The van der Waals surface area contributed by atoms with Gasteiger partial charge < -0.3 is 20.1 Å². The number of hydrogen-bond acceptors (Lipinski definition) is 4. The second-order valence-corrected chi connectivity index (χ2v) is 5.40. The zero-order valence-electron chi connectivity index (χ0n) is 12.3. The van der Waals surface area contributed by atoms with E-state index in [1.807, 2.05) is 27.8 Å². The number of rotatable bonds is 8. The molecule has 0 spiro atoms. The highest BCUT2D eigenvalue weighted by atomic mass is 16.6. The van der Waals surface area contributed by atoms with Gasteiger partial charge in [-0.25, -0.2) is 4.79 Å². The first-order valence-electron chi connectivity index (χ1n) is 6.52. The zero-order valence-corrected chi connectivity index (χ0v) is 12.3. The number of carbonyl (C=O) groups excluding carboxylic acids is 1. The quantitative estimate of drug-likeness (QED) is 0.655. The van der Waals surface area contributed by atoms with Gasteiger partial charge in [-0.15, -0.1) is 0 Å². The smallest absolute Gasteiger partial charge is 0.407 e. The van der Waals surface area contributed by atoms with Crippen molar-refractivity contribution in [3.05, 3.63) is 0 Å². The molecular weight excluding hydrogens is 232 g/mol. The number of carbonyl (C=O) groups is 1. The molecule has 0 saturated heterocycles. The van der Waals surface area contributed by atoms with Crippen molar-refractivity contribution < 1.29 is 14.3 Å². The van der Waals surface area contributed by atoms with Crippen molar-refractivity contribution in [2.75, 3.05) is 27.3 Å². The molecule has 0 bridgehead atoms. The molecule has 18 heavy (non-hydrogen) atoms. The standard InChI is InChI=1S/C13H28N2O3/c1-13(2,3)18-12(16)15-11(10-17-5)8-6-7-9-14-4/h11,14H,6-10H2,1-5H3,(H,15,16)/t11-/m0/s1. The molecule has 0 radical (unpaired) electrons. The number of amides is 1. The van der Waals surface area contributed by atoms with Crippen molar-refractivity contribution in [3.63, 3.8) is 0 Å². The fourth-order valence-electron chi connectivity index (χ4n) is 1.57. The summed E-state index contributed by atoms with van der Waals surface area (Å²) in [7, 11) is 3.57. The van der Waals surface area contributed by atoms with Crippen LogP contribution >= 0.6 is 0 Å². The minimum atomic E-state index is -0.464. The molecule has 0 aliphatic rings. The number of ether oxygens (including phenoxy) is 2. The highest BCUT2D eigenvalue weighted by Gasteiger charge is 2.19. The summed E-state index contributed by atoms with van der Waals surface area (Å²) in [5.74, 6) is 0. The Labute approximate surface area is 111 Å². The maximum Gasteiger partial charge on any atom is 0.407 e. The molecule has 0 aromatic rings. The van der Waals surface area contributed by atoms with Crippen LogP contribution in [0.4, 0.5) is 4.79 Å². The summed E-state index contributed by atoms with van der Waals surface area (Å²) in [4.78, 5) is 11.6. The Kier molecular flexibility index (Phi) is 8.75. The van der Waals surface area contributed by atoms with E-state index in [9.17, 15) is 4.79 Å². The van der Waals surface area contributed by atoms with E-state index in [-0.39, 0.29) is 12.1 Å². The Balaban J connectivity index is 3.98. The maximum atomic E-state index is 11.6. The molecule has 5 heteroatoms. The summed E-state index contributed by atoms with van der Waals surface area (Å²) in [6, 6.07) is 0.0155. The Morgan fingerprint density at radius 3 is 2.44 bits per heavy atom. The van der Waals surface area contributed by atoms with Crippen molar-refractivity contribution in [3.8, 4) is 0 Å². The van der Waals surface area contributed by atoms with Crippen LogP contribution in [-0.4, -0.2) is 45.0 Å². The van der Waals surface area contributed by atoms with Gasteiger partial charge in [0, 0.05) is 7.11 Å². The van der Waals surface area contributed by atoms with Crippen molar-refractivity contribution in [2.45, 2.75) is 51.7 Å². The Morgan fingerprint density at radius 1 is 1.28 bits per heavy atom. The van der Waals surface area contributed by atoms with E-state index in [2.05, 4.69) is 10.6 Å². The van der Waals surface area contributed by atoms with Crippen LogP contribution < -0.4 is 10.6 Å². The Morgan fingerprint density at radius 2 is 1.94 bits per heavy atom. The lowest BCUT2D eigenvalue weighted by Gasteiger charge is -2.23. The SMILES string of the molecule is CNCCCC[C@@H](COC)NC(=O)OC(C)(C)C. The molecule has 1 atom stereocenters. The predicted molar refractivity (Wildman–Crippen MR) is 72.8 cm³/mol. The molecule has 0 unspecified atom stereocenters. The first kappa shape index (κ1) is 17.2. The predicted octanol–water partition coefficient (Wildman–Crippen LogP) is 1.92. The monoisotopic (exact) mass is 260 g/mol. The molecule has 5 nitrogen and oxygen atoms in total. The van der Waals surface area contributed by atoms with Gasteiger partial charge >= 0.3 is 6.09 Å². The second-order valence-electron chi connectivity index (χ2n) is 5.40. The van der Waals surface area contributed by atoms with Crippen LogP contribution in [0.1, 0.15) is 40.0 Å². The van der Waals surface area contributed by atoms with Gasteiger partial charge in [-0.2, -0.15) is 0 Å². The third-order valence-electron chi connectivity index (χ3n) is 2.32. The van der Waals surface area contributed by atoms with Crippen LogP contribution in [0.3, 0.4) is 0 Å². The second kappa shape index (κ2) is 9.16. The third-order valence-corrected chi connectivity index (χ3v) is 2.32. The van der Waals surface area contributed by atoms with Gasteiger partial charge in [0.2, 0.25) is 0 Å². The van der Waals surface area contributed by atoms with Crippen molar-refractivity contribution >= 4 is 6.09 Å². The van der Waals surface area contributed by atoms with Crippen LogP contribution in [-0.2, 0) is 9.47 Å². The van der Waals surface area contributed by atoms with Gasteiger partial charge in [0.15, 0.2) is 0 Å². The number of unbranched alkanes of at least 4 members (excludes halogenated alkanes) is 1. The minimum Gasteiger partial charge on any atom is -0.444 e. The highest BCUT2D eigenvalue weighted by molar-refractivity contribution is 5.68. The van der Waals surface area contributed by atoms with E-state index in [1.54, 1.807) is 7.11 Å².